The lowest BCUT2D eigenvalue weighted by molar-refractivity contribution is -0.143. The van der Waals surface area contributed by atoms with E-state index in [9.17, 15) is 13.6 Å². The van der Waals surface area contributed by atoms with Crippen molar-refractivity contribution in [3.05, 3.63) is 36.2 Å². The lowest BCUT2D eigenvalue weighted by atomic mass is 9.94. The third-order valence-corrected chi connectivity index (χ3v) is 8.32. The SMILES string of the molecule is CO[C@H]1CCCC(C(=O)N2CC(COc3cc(-n4c(C(F)F)nc5ccccc54)nc(N4CCOCC4)n3)C2)CC1. The van der Waals surface area contributed by atoms with E-state index in [1.807, 2.05) is 9.80 Å². The number of imidazole rings is 1. The van der Waals surface area contributed by atoms with Gasteiger partial charge in [0.2, 0.25) is 17.7 Å². The minimum atomic E-state index is -2.79. The molecule has 6 rings (SSSR count). The lowest BCUT2D eigenvalue weighted by Gasteiger charge is -2.40. The Morgan fingerprint density at radius 2 is 1.88 bits per heavy atom. The number of carbonyl (C=O) groups excluding carboxylic acids is 1. The molecule has 0 bridgehead atoms. The number of hydrogen-bond acceptors (Lipinski definition) is 8. The Kier molecular flexibility index (Phi) is 8.29. The number of aromatic nitrogens is 4. The Morgan fingerprint density at radius 3 is 2.66 bits per heavy atom. The maximum atomic E-state index is 14.1. The fourth-order valence-electron chi connectivity index (χ4n) is 5.99. The molecule has 0 spiro atoms. The first-order chi connectivity index (χ1) is 20.0. The van der Waals surface area contributed by atoms with Crippen LogP contribution < -0.4 is 9.64 Å². The molecule has 41 heavy (non-hydrogen) atoms. The van der Waals surface area contributed by atoms with Gasteiger partial charge >= 0.3 is 0 Å². The number of para-hydroxylation sites is 2. The van der Waals surface area contributed by atoms with Crippen molar-refractivity contribution in [1.82, 2.24) is 24.4 Å². The van der Waals surface area contributed by atoms with Gasteiger partial charge in [-0.15, -0.1) is 0 Å². The quantitative estimate of drug-likeness (QED) is 0.375. The number of morpholine rings is 1. The van der Waals surface area contributed by atoms with Crippen LogP contribution in [0.3, 0.4) is 0 Å². The lowest BCUT2D eigenvalue weighted by Crippen LogP contribution is -2.53. The summed E-state index contributed by atoms with van der Waals surface area (Å²) in [5.74, 6) is 1.05. The van der Waals surface area contributed by atoms with Crippen molar-refractivity contribution in [2.75, 3.05) is 58.0 Å². The number of amides is 1. The van der Waals surface area contributed by atoms with E-state index in [1.54, 1.807) is 37.4 Å². The minimum absolute atomic E-state index is 0.0616. The number of nitrogens with zero attached hydrogens (tertiary/aromatic N) is 6. The highest BCUT2D eigenvalue weighted by atomic mass is 19.3. The zero-order chi connectivity index (χ0) is 28.3. The Bertz CT molecular complexity index is 1360. The van der Waals surface area contributed by atoms with Gasteiger partial charge in [0.15, 0.2) is 5.82 Å². The molecule has 1 saturated carbocycles. The number of fused-ring (bicyclic) bond motifs is 1. The van der Waals surface area contributed by atoms with E-state index in [0.29, 0.717) is 68.9 Å². The van der Waals surface area contributed by atoms with Crippen LogP contribution in [0.5, 0.6) is 5.88 Å². The molecule has 1 unspecified atom stereocenters. The molecule has 0 N–H and O–H groups in total. The van der Waals surface area contributed by atoms with Crippen LogP contribution in [0.15, 0.2) is 30.3 Å². The summed E-state index contributed by atoms with van der Waals surface area (Å²) in [4.78, 5) is 30.4. The highest BCUT2D eigenvalue weighted by Crippen LogP contribution is 2.31. The Labute approximate surface area is 237 Å². The van der Waals surface area contributed by atoms with Crippen LogP contribution in [0.2, 0.25) is 0 Å². The number of carbonyl (C=O) groups is 1. The first-order valence-electron chi connectivity index (χ1n) is 14.4. The van der Waals surface area contributed by atoms with E-state index in [1.165, 1.54) is 4.57 Å². The molecular formula is C29H36F2N6O4. The van der Waals surface area contributed by atoms with Crippen LogP contribution in [-0.2, 0) is 14.3 Å². The molecule has 3 aromatic rings. The van der Waals surface area contributed by atoms with Gasteiger partial charge in [0.25, 0.3) is 6.43 Å². The van der Waals surface area contributed by atoms with Crippen molar-refractivity contribution in [3.8, 4) is 11.7 Å². The molecular weight excluding hydrogens is 534 g/mol. The van der Waals surface area contributed by atoms with Crippen molar-refractivity contribution in [2.24, 2.45) is 11.8 Å². The van der Waals surface area contributed by atoms with Crippen LogP contribution in [0.4, 0.5) is 14.7 Å². The Morgan fingerprint density at radius 1 is 1.07 bits per heavy atom. The van der Waals surface area contributed by atoms with Crippen LogP contribution in [0.1, 0.15) is 44.4 Å². The van der Waals surface area contributed by atoms with Crippen LogP contribution in [0, 0.1) is 11.8 Å². The van der Waals surface area contributed by atoms with Crippen molar-refractivity contribution in [2.45, 2.75) is 44.6 Å². The molecule has 3 aliphatic rings. The fourth-order valence-corrected chi connectivity index (χ4v) is 5.99. The second-order valence-electron chi connectivity index (χ2n) is 11.0. The molecule has 1 amide bonds. The molecule has 10 nitrogen and oxygen atoms in total. The number of benzene rings is 1. The highest BCUT2D eigenvalue weighted by Gasteiger charge is 2.36. The molecule has 4 heterocycles. The van der Waals surface area contributed by atoms with E-state index in [2.05, 4.69) is 15.0 Å². The van der Waals surface area contributed by atoms with E-state index in [0.717, 1.165) is 32.1 Å². The van der Waals surface area contributed by atoms with Gasteiger partial charge in [0.1, 0.15) is 5.82 Å². The maximum absolute atomic E-state index is 14.1. The molecule has 2 aromatic heterocycles. The topological polar surface area (TPSA) is 94.8 Å². The predicted octanol–water partition coefficient (Wildman–Crippen LogP) is 4.02. The molecule has 2 aliphatic heterocycles. The van der Waals surface area contributed by atoms with Gasteiger partial charge in [0, 0.05) is 51.2 Å². The normalized spacial score (nSPS) is 22.1. The zero-order valence-electron chi connectivity index (χ0n) is 23.3. The Hall–Kier alpha value is -3.38. The summed E-state index contributed by atoms with van der Waals surface area (Å²) in [6, 6.07) is 8.58. The summed E-state index contributed by atoms with van der Waals surface area (Å²) in [5, 5.41) is 0. The summed E-state index contributed by atoms with van der Waals surface area (Å²) in [5.41, 5.74) is 0.992. The number of anilines is 1. The largest absolute Gasteiger partial charge is 0.477 e. The third kappa shape index (κ3) is 5.99. The average molecular weight is 571 g/mol. The maximum Gasteiger partial charge on any atom is 0.296 e. The number of hydrogen-bond donors (Lipinski definition) is 0. The smallest absolute Gasteiger partial charge is 0.296 e. The second kappa shape index (κ2) is 12.2. The fraction of sp³-hybridized carbons (Fsp3) is 0.586. The van der Waals surface area contributed by atoms with Crippen LogP contribution in [-0.4, -0.2) is 89.5 Å². The van der Waals surface area contributed by atoms with E-state index in [4.69, 9.17) is 14.2 Å². The first kappa shape index (κ1) is 27.8. The van der Waals surface area contributed by atoms with Gasteiger partial charge in [-0.1, -0.05) is 18.6 Å². The predicted molar refractivity (Wildman–Crippen MR) is 148 cm³/mol. The van der Waals surface area contributed by atoms with Gasteiger partial charge in [-0.25, -0.2) is 13.8 Å². The minimum Gasteiger partial charge on any atom is -0.477 e. The molecule has 1 aromatic carbocycles. The number of ether oxygens (including phenoxy) is 3. The van der Waals surface area contributed by atoms with Crippen LogP contribution >= 0.6 is 0 Å². The number of rotatable bonds is 8. The van der Waals surface area contributed by atoms with E-state index >= 15 is 0 Å². The summed E-state index contributed by atoms with van der Waals surface area (Å²) in [7, 11) is 1.74. The van der Waals surface area contributed by atoms with E-state index in [-0.39, 0.29) is 35.5 Å². The van der Waals surface area contributed by atoms with Gasteiger partial charge in [-0.2, -0.15) is 9.97 Å². The third-order valence-electron chi connectivity index (χ3n) is 8.32. The molecule has 2 saturated heterocycles. The zero-order valence-corrected chi connectivity index (χ0v) is 23.3. The molecule has 0 radical (unpaired) electrons. The number of likely N-dealkylation sites (tertiary alicyclic amines) is 1. The average Bonchev–Trinajstić information content (AvgIpc) is 3.20. The summed E-state index contributed by atoms with van der Waals surface area (Å²) >= 11 is 0. The van der Waals surface area contributed by atoms with Gasteiger partial charge in [-0.3, -0.25) is 9.36 Å². The number of alkyl halides is 2. The van der Waals surface area contributed by atoms with E-state index < -0.39 is 6.43 Å². The molecule has 12 heteroatoms. The monoisotopic (exact) mass is 570 g/mol. The Balaban J connectivity index is 1.18. The van der Waals surface area contributed by atoms with Gasteiger partial charge < -0.3 is 24.0 Å². The van der Waals surface area contributed by atoms with Crippen molar-refractivity contribution in [1.29, 1.82) is 0 Å². The van der Waals surface area contributed by atoms with Gasteiger partial charge in [-0.05, 0) is 37.8 Å². The van der Waals surface area contributed by atoms with Crippen molar-refractivity contribution in [3.63, 3.8) is 0 Å². The summed E-state index contributed by atoms with van der Waals surface area (Å²) in [6.07, 6.45) is 2.19. The van der Waals surface area contributed by atoms with Crippen molar-refractivity contribution >= 4 is 22.9 Å². The van der Waals surface area contributed by atoms with Crippen LogP contribution in [0.25, 0.3) is 16.9 Å². The van der Waals surface area contributed by atoms with Crippen molar-refractivity contribution < 1.29 is 27.8 Å². The summed E-state index contributed by atoms with van der Waals surface area (Å²) in [6.45, 7) is 3.87. The second-order valence-corrected chi connectivity index (χ2v) is 11.0. The summed E-state index contributed by atoms with van der Waals surface area (Å²) < 4.78 is 46.7. The number of methoxy groups -OCH3 is 1. The molecule has 220 valence electrons. The standard InChI is InChI=1S/C29H36F2N6O4/c1-39-21-6-4-5-20(9-10-21)28(38)36-16-19(17-36)18-41-25-15-24(33-29(34-25)35-11-13-40-14-12-35)37-23-8-3-2-7-22(23)32-27(37)26(30)31/h2-3,7-8,15,19-21,26H,4-6,9-14,16-18H2,1H3/t20?,21-/m0/s1. The first-order valence-corrected chi connectivity index (χ1v) is 14.4. The molecule has 1 aliphatic carbocycles. The van der Waals surface area contributed by atoms with Gasteiger partial charge in [0.05, 0.1) is 37.0 Å². The number of halogens is 2. The molecule has 3 fully saturated rings. The highest BCUT2D eigenvalue weighted by molar-refractivity contribution is 5.80. The molecule has 2 atom stereocenters.